The minimum absolute atomic E-state index is 0.912. The molecule has 2 N–H and O–H groups in total. The molecule has 1 aromatic carbocycles. The van der Waals surface area contributed by atoms with E-state index in [0.717, 1.165) is 36.5 Å². The standard InChI is InChI=1S/C19H30N4/c1-3-4-5-6-7-8-14-20-15-13-18-19(22-23-21-18)17-11-9-16(2)10-12-17/h9-12,20H,3-8,13-15H2,1-2H3,(H,21,22,23). The van der Waals surface area contributed by atoms with Crippen LogP contribution in [-0.2, 0) is 6.42 Å². The van der Waals surface area contributed by atoms with Gasteiger partial charge in [-0.05, 0) is 19.9 Å². The third-order valence-electron chi connectivity index (χ3n) is 4.19. The van der Waals surface area contributed by atoms with Crippen molar-refractivity contribution in [3.63, 3.8) is 0 Å². The Bertz CT molecular complexity index is 545. The fraction of sp³-hybridized carbons (Fsp3) is 0.579. The number of hydrogen-bond donors (Lipinski definition) is 2. The lowest BCUT2D eigenvalue weighted by atomic mass is 10.1. The molecule has 0 aliphatic rings. The molecular formula is C19H30N4. The first kappa shape index (κ1) is 17.7. The Morgan fingerprint density at radius 2 is 1.65 bits per heavy atom. The number of nitrogens with zero attached hydrogens (tertiary/aromatic N) is 2. The van der Waals surface area contributed by atoms with Crippen molar-refractivity contribution in [2.75, 3.05) is 13.1 Å². The molecule has 4 heteroatoms. The van der Waals surface area contributed by atoms with E-state index in [1.54, 1.807) is 0 Å². The molecule has 2 rings (SSSR count). The number of nitrogens with one attached hydrogen (secondary N) is 2. The first-order valence-electron chi connectivity index (χ1n) is 8.98. The number of rotatable bonds is 11. The molecule has 0 spiro atoms. The number of aromatic nitrogens is 3. The van der Waals surface area contributed by atoms with Crippen LogP contribution in [0.15, 0.2) is 24.3 Å². The Kier molecular flexibility index (Phi) is 7.81. The Morgan fingerprint density at radius 1 is 0.913 bits per heavy atom. The molecule has 1 aromatic heterocycles. The third-order valence-corrected chi connectivity index (χ3v) is 4.19. The van der Waals surface area contributed by atoms with Crippen LogP contribution in [-0.4, -0.2) is 28.5 Å². The van der Waals surface area contributed by atoms with Crippen LogP contribution < -0.4 is 5.32 Å². The molecule has 0 aliphatic heterocycles. The van der Waals surface area contributed by atoms with Gasteiger partial charge in [0.1, 0.15) is 5.69 Å². The van der Waals surface area contributed by atoms with Crippen LogP contribution in [0, 0.1) is 6.92 Å². The van der Waals surface area contributed by atoms with E-state index in [4.69, 9.17) is 0 Å². The summed E-state index contributed by atoms with van der Waals surface area (Å²) in [5.41, 5.74) is 4.42. The molecule has 0 saturated heterocycles. The molecule has 0 aliphatic carbocycles. The Labute approximate surface area is 140 Å². The van der Waals surface area contributed by atoms with Gasteiger partial charge in [-0.1, -0.05) is 68.9 Å². The van der Waals surface area contributed by atoms with E-state index in [9.17, 15) is 0 Å². The summed E-state index contributed by atoms with van der Waals surface area (Å²) < 4.78 is 0. The van der Waals surface area contributed by atoms with Gasteiger partial charge in [0.05, 0.1) is 5.69 Å². The van der Waals surface area contributed by atoms with Crippen molar-refractivity contribution < 1.29 is 0 Å². The molecule has 4 nitrogen and oxygen atoms in total. The molecule has 0 unspecified atom stereocenters. The van der Waals surface area contributed by atoms with E-state index in [1.807, 2.05) is 0 Å². The van der Waals surface area contributed by atoms with Crippen LogP contribution >= 0.6 is 0 Å². The van der Waals surface area contributed by atoms with Crippen LogP contribution in [0.1, 0.15) is 56.7 Å². The molecule has 0 saturated carbocycles. The largest absolute Gasteiger partial charge is 0.316 e. The molecule has 0 atom stereocenters. The summed E-state index contributed by atoms with van der Waals surface area (Å²) in [6.45, 7) is 6.42. The van der Waals surface area contributed by atoms with E-state index in [2.05, 4.69) is 58.8 Å². The van der Waals surface area contributed by atoms with Crippen molar-refractivity contribution in [3.8, 4) is 11.3 Å². The first-order valence-corrected chi connectivity index (χ1v) is 8.98. The van der Waals surface area contributed by atoms with Gasteiger partial charge in [-0.15, -0.1) is 0 Å². The predicted octanol–water partition coefficient (Wildman–Crippen LogP) is 4.27. The number of aromatic amines is 1. The average molecular weight is 314 g/mol. The van der Waals surface area contributed by atoms with Crippen LogP contribution in [0.25, 0.3) is 11.3 Å². The molecular weight excluding hydrogens is 284 g/mol. The maximum absolute atomic E-state index is 4.31. The van der Waals surface area contributed by atoms with E-state index in [-0.39, 0.29) is 0 Å². The van der Waals surface area contributed by atoms with E-state index in [0.29, 0.717) is 0 Å². The third kappa shape index (κ3) is 6.14. The Morgan fingerprint density at radius 3 is 2.43 bits per heavy atom. The average Bonchev–Trinajstić information content (AvgIpc) is 3.02. The zero-order valence-electron chi connectivity index (χ0n) is 14.6. The van der Waals surface area contributed by atoms with Crippen LogP contribution in [0.3, 0.4) is 0 Å². The Balaban J connectivity index is 1.67. The molecule has 0 fully saturated rings. The number of hydrogen-bond acceptors (Lipinski definition) is 3. The van der Waals surface area contributed by atoms with Crippen molar-refractivity contribution in [3.05, 3.63) is 35.5 Å². The first-order chi connectivity index (χ1) is 11.3. The number of aryl methyl sites for hydroxylation is 1. The molecule has 0 radical (unpaired) electrons. The molecule has 0 bridgehead atoms. The van der Waals surface area contributed by atoms with Gasteiger partial charge in [-0.2, -0.15) is 15.4 Å². The quantitative estimate of drug-likeness (QED) is 0.609. The van der Waals surface area contributed by atoms with Crippen molar-refractivity contribution in [2.24, 2.45) is 0 Å². The topological polar surface area (TPSA) is 53.6 Å². The fourth-order valence-corrected chi connectivity index (χ4v) is 2.73. The van der Waals surface area contributed by atoms with Gasteiger partial charge >= 0.3 is 0 Å². The van der Waals surface area contributed by atoms with E-state index < -0.39 is 0 Å². The SMILES string of the molecule is CCCCCCCCNCCc1n[nH]nc1-c1ccc(C)cc1. The molecule has 1 heterocycles. The highest BCUT2D eigenvalue weighted by molar-refractivity contribution is 5.61. The fourth-order valence-electron chi connectivity index (χ4n) is 2.73. The highest BCUT2D eigenvalue weighted by Gasteiger charge is 2.09. The molecule has 23 heavy (non-hydrogen) atoms. The van der Waals surface area contributed by atoms with Crippen molar-refractivity contribution in [1.29, 1.82) is 0 Å². The molecule has 0 amide bonds. The minimum atomic E-state index is 0.912. The summed E-state index contributed by atoms with van der Waals surface area (Å²) in [4.78, 5) is 0. The van der Waals surface area contributed by atoms with Gasteiger partial charge in [0.15, 0.2) is 0 Å². The monoisotopic (exact) mass is 314 g/mol. The summed E-state index contributed by atoms with van der Waals surface area (Å²) in [7, 11) is 0. The maximum atomic E-state index is 4.31. The van der Waals surface area contributed by atoms with Crippen LogP contribution in [0.2, 0.25) is 0 Å². The summed E-state index contributed by atoms with van der Waals surface area (Å²) in [6, 6.07) is 8.45. The number of benzene rings is 1. The lowest BCUT2D eigenvalue weighted by Crippen LogP contribution is -2.18. The maximum Gasteiger partial charge on any atom is 0.116 e. The minimum Gasteiger partial charge on any atom is -0.316 e. The summed E-state index contributed by atoms with van der Waals surface area (Å²) in [5.74, 6) is 0. The van der Waals surface area contributed by atoms with E-state index in [1.165, 1.54) is 44.1 Å². The molecule has 126 valence electrons. The smallest absolute Gasteiger partial charge is 0.116 e. The zero-order chi connectivity index (χ0) is 16.3. The highest BCUT2D eigenvalue weighted by Crippen LogP contribution is 2.20. The van der Waals surface area contributed by atoms with Crippen LogP contribution in [0.5, 0.6) is 0 Å². The summed E-state index contributed by atoms with van der Waals surface area (Å²) >= 11 is 0. The van der Waals surface area contributed by atoms with Crippen LogP contribution in [0.4, 0.5) is 0 Å². The second-order valence-corrected chi connectivity index (χ2v) is 6.25. The summed E-state index contributed by atoms with van der Waals surface area (Å²) in [5, 5.41) is 14.9. The van der Waals surface area contributed by atoms with Gasteiger partial charge in [-0.25, -0.2) is 0 Å². The van der Waals surface area contributed by atoms with Crippen molar-refractivity contribution >= 4 is 0 Å². The molecule has 2 aromatic rings. The predicted molar refractivity (Wildman–Crippen MR) is 96.5 cm³/mol. The normalized spacial score (nSPS) is 11.0. The van der Waals surface area contributed by atoms with Crippen molar-refractivity contribution in [1.82, 2.24) is 20.7 Å². The lowest BCUT2D eigenvalue weighted by Gasteiger charge is -2.05. The number of H-pyrrole nitrogens is 1. The zero-order valence-corrected chi connectivity index (χ0v) is 14.6. The van der Waals surface area contributed by atoms with Gasteiger partial charge in [0, 0.05) is 18.5 Å². The summed E-state index contributed by atoms with van der Waals surface area (Å²) in [6.07, 6.45) is 8.97. The van der Waals surface area contributed by atoms with Gasteiger partial charge in [0.2, 0.25) is 0 Å². The van der Waals surface area contributed by atoms with Gasteiger partial charge in [-0.3, -0.25) is 0 Å². The van der Waals surface area contributed by atoms with Gasteiger partial charge in [0.25, 0.3) is 0 Å². The lowest BCUT2D eigenvalue weighted by molar-refractivity contribution is 0.571. The highest BCUT2D eigenvalue weighted by atomic mass is 15.3. The second-order valence-electron chi connectivity index (χ2n) is 6.25. The Hall–Kier alpha value is -1.68. The van der Waals surface area contributed by atoms with Crippen molar-refractivity contribution in [2.45, 2.75) is 58.8 Å². The number of unbranched alkanes of at least 4 members (excludes halogenated alkanes) is 5. The second kappa shape index (κ2) is 10.2. The van der Waals surface area contributed by atoms with E-state index >= 15 is 0 Å². The van der Waals surface area contributed by atoms with Gasteiger partial charge < -0.3 is 5.32 Å².